The van der Waals surface area contributed by atoms with Gasteiger partial charge in [-0.1, -0.05) is 18.0 Å². The Bertz CT molecular complexity index is 554. The van der Waals surface area contributed by atoms with Crippen molar-refractivity contribution in [3.63, 3.8) is 0 Å². The van der Waals surface area contributed by atoms with E-state index in [1.807, 2.05) is 0 Å². The van der Waals surface area contributed by atoms with E-state index in [-0.39, 0.29) is 10.8 Å². The number of piperidine rings is 1. The number of carbonyl (C=O) groups excluding carboxylic acids is 1. The van der Waals surface area contributed by atoms with Crippen molar-refractivity contribution in [3.8, 4) is 0 Å². The van der Waals surface area contributed by atoms with Crippen molar-refractivity contribution >= 4 is 38.9 Å². The molecule has 0 saturated carbocycles. The predicted molar refractivity (Wildman–Crippen MR) is 65.9 cm³/mol. The van der Waals surface area contributed by atoms with E-state index < -0.39 is 22.0 Å². The molecule has 18 heavy (non-hydrogen) atoms. The van der Waals surface area contributed by atoms with Gasteiger partial charge in [0.2, 0.25) is 0 Å². The van der Waals surface area contributed by atoms with Crippen LogP contribution in [0.25, 0.3) is 0 Å². The molecule has 8 heteroatoms. The summed E-state index contributed by atoms with van der Waals surface area (Å²) in [5.41, 5.74) is 0. The van der Waals surface area contributed by atoms with E-state index >= 15 is 0 Å². The van der Waals surface area contributed by atoms with E-state index in [9.17, 15) is 18.3 Å². The molecular formula is C10H11ClNO4S2-. The zero-order chi connectivity index (χ0) is 13.3. The smallest absolute Gasteiger partial charge is 0.253 e. The summed E-state index contributed by atoms with van der Waals surface area (Å²) >= 11 is 6.64. The fourth-order valence-electron chi connectivity index (χ4n) is 1.98. The summed E-state index contributed by atoms with van der Waals surface area (Å²) in [6.45, 7) is 0.205. The van der Waals surface area contributed by atoms with Crippen molar-refractivity contribution in [2.24, 2.45) is 0 Å². The Balaban J connectivity index is 2.36. The Morgan fingerprint density at radius 1 is 1.44 bits per heavy atom. The van der Waals surface area contributed by atoms with Gasteiger partial charge in [0.25, 0.3) is 10.0 Å². The number of carboxylic acid groups (broad SMARTS) is 1. The van der Waals surface area contributed by atoms with Crippen molar-refractivity contribution in [2.45, 2.75) is 29.5 Å². The second kappa shape index (κ2) is 5.16. The highest BCUT2D eigenvalue weighted by atomic mass is 35.5. The molecule has 1 aromatic rings. The average Bonchev–Trinajstić information content (AvgIpc) is 2.76. The highest BCUT2D eigenvalue weighted by Gasteiger charge is 2.34. The largest absolute Gasteiger partial charge is 0.548 e. The van der Waals surface area contributed by atoms with Gasteiger partial charge in [0, 0.05) is 6.54 Å². The number of hydrogen-bond donors (Lipinski definition) is 0. The van der Waals surface area contributed by atoms with Crippen molar-refractivity contribution in [2.75, 3.05) is 6.54 Å². The first-order valence-corrected chi connectivity index (χ1v) is 8.04. The van der Waals surface area contributed by atoms with Gasteiger partial charge in [-0.3, -0.25) is 0 Å². The molecule has 0 radical (unpaired) electrons. The van der Waals surface area contributed by atoms with Crippen LogP contribution in [0.5, 0.6) is 0 Å². The van der Waals surface area contributed by atoms with Crippen LogP contribution in [-0.2, 0) is 14.8 Å². The van der Waals surface area contributed by atoms with Crippen LogP contribution in [0.4, 0.5) is 0 Å². The molecule has 2 heterocycles. The number of nitrogens with zero attached hydrogens (tertiary/aromatic N) is 1. The molecule has 1 fully saturated rings. The van der Waals surface area contributed by atoms with E-state index in [0.717, 1.165) is 15.6 Å². The van der Waals surface area contributed by atoms with Gasteiger partial charge in [-0.25, -0.2) is 8.42 Å². The van der Waals surface area contributed by atoms with E-state index in [4.69, 9.17) is 11.6 Å². The monoisotopic (exact) mass is 308 g/mol. The van der Waals surface area contributed by atoms with Gasteiger partial charge in [0.15, 0.2) is 0 Å². The van der Waals surface area contributed by atoms with E-state index in [0.29, 0.717) is 23.6 Å². The number of carboxylic acids is 1. The number of carbonyl (C=O) groups is 1. The normalized spacial score (nSPS) is 21.9. The van der Waals surface area contributed by atoms with Gasteiger partial charge >= 0.3 is 0 Å². The highest BCUT2D eigenvalue weighted by molar-refractivity contribution is 7.91. The number of aliphatic carboxylic acids is 1. The summed E-state index contributed by atoms with van der Waals surface area (Å²) in [5, 5.41) is 11.0. The van der Waals surface area contributed by atoms with Crippen LogP contribution >= 0.6 is 22.9 Å². The van der Waals surface area contributed by atoms with Crippen LogP contribution in [0.2, 0.25) is 4.34 Å². The molecule has 0 bridgehead atoms. The lowest BCUT2D eigenvalue weighted by Gasteiger charge is -2.34. The lowest BCUT2D eigenvalue weighted by molar-refractivity contribution is -0.311. The quantitative estimate of drug-likeness (QED) is 0.823. The molecule has 5 nitrogen and oxygen atoms in total. The minimum Gasteiger partial charge on any atom is -0.548 e. The van der Waals surface area contributed by atoms with Crippen molar-refractivity contribution in [3.05, 3.63) is 16.5 Å². The third-order valence-electron chi connectivity index (χ3n) is 2.84. The minimum atomic E-state index is -3.79. The summed E-state index contributed by atoms with van der Waals surface area (Å²) in [4.78, 5) is 11.0. The lowest BCUT2D eigenvalue weighted by atomic mass is 10.1. The predicted octanol–water partition coefficient (Wildman–Crippen LogP) is 0.695. The molecule has 1 aromatic heterocycles. The second-order valence-corrected chi connectivity index (χ2v) is 7.84. The molecule has 100 valence electrons. The summed E-state index contributed by atoms with van der Waals surface area (Å²) in [5.74, 6) is -1.35. The Hall–Kier alpha value is -0.630. The van der Waals surface area contributed by atoms with Crippen LogP contribution in [0.3, 0.4) is 0 Å². The molecule has 0 unspecified atom stereocenters. The zero-order valence-corrected chi connectivity index (χ0v) is 11.7. The lowest BCUT2D eigenvalue weighted by Crippen LogP contribution is -2.52. The molecule has 0 spiro atoms. The maximum absolute atomic E-state index is 12.3. The van der Waals surface area contributed by atoms with Crippen LogP contribution in [0, 0.1) is 0 Å². The van der Waals surface area contributed by atoms with Gasteiger partial charge in [-0.15, -0.1) is 11.3 Å². The molecule has 1 atom stereocenters. The minimum absolute atomic E-state index is 0.0700. The van der Waals surface area contributed by atoms with Crippen molar-refractivity contribution in [1.82, 2.24) is 4.31 Å². The van der Waals surface area contributed by atoms with Gasteiger partial charge in [-0.05, 0) is 25.0 Å². The topological polar surface area (TPSA) is 77.5 Å². The third-order valence-corrected chi connectivity index (χ3v) is 6.44. The van der Waals surface area contributed by atoms with E-state index in [1.165, 1.54) is 12.1 Å². The fourth-order valence-corrected chi connectivity index (χ4v) is 5.24. The molecule has 0 aliphatic carbocycles. The molecule has 0 N–H and O–H groups in total. The molecule has 0 amide bonds. The number of rotatable bonds is 3. The summed E-state index contributed by atoms with van der Waals surface area (Å²) in [7, 11) is -3.79. The fraction of sp³-hybridized carbons (Fsp3) is 0.500. The molecule has 2 rings (SSSR count). The second-order valence-electron chi connectivity index (χ2n) is 4.00. The van der Waals surface area contributed by atoms with Gasteiger partial charge in [-0.2, -0.15) is 4.31 Å². The van der Waals surface area contributed by atoms with Crippen LogP contribution in [0.15, 0.2) is 16.3 Å². The molecule has 1 aliphatic rings. The first-order chi connectivity index (χ1) is 8.43. The van der Waals surface area contributed by atoms with Crippen molar-refractivity contribution < 1.29 is 18.3 Å². The van der Waals surface area contributed by atoms with E-state index in [2.05, 4.69) is 0 Å². The van der Waals surface area contributed by atoms with Crippen molar-refractivity contribution in [1.29, 1.82) is 0 Å². The summed E-state index contributed by atoms with van der Waals surface area (Å²) < 4.78 is 26.0. The summed E-state index contributed by atoms with van der Waals surface area (Å²) in [6.07, 6.45) is 1.64. The van der Waals surface area contributed by atoms with Gasteiger partial charge in [0.1, 0.15) is 4.21 Å². The Labute approximate surface area is 114 Å². The van der Waals surface area contributed by atoms with Crippen LogP contribution in [0.1, 0.15) is 19.3 Å². The number of hydrogen-bond acceptors (Lipinski definition) is 5. The zero-order valence-electron chi connectivity index (χ0n) is 9.34. The standard InChI is InChI=1S/C10H12ClNO4S2/c11-8-4-5-9(17-8)18(15,16)12-6-2-1-3-7(12)10(13)14/h4-5,7H,1-3,6H2,(H,13,14)/p-1/t7-/m0/s1. The molecule has 1 saturated heterocycles. The van der Waals surface area contributed by atoms with E-state index in [1.54, 1.807) is 0 Å². The highest BCUT2D eigenvalue weighted by Crippen LogP contribution is 2.31. The Kier molecular flexibility index (Phi) is 3.96. The number of thiophene rings is 1. The van der Waals surface area contributed by atoms with Crippen LogP contribution in [-0.4, -0.2) is 31.3 Å². The molecule has 0 aromatic carbocycles. The SMILES string of the molecule is O=C([O-])[C@@H]1CCCCN1S(=O)(=O)c1ccc(Cl)s1. The Morgan fingerprint density at radius 3 is 2.72 bits per heavy atom. The van der Waals surface area contributed by atoms with Gasteiger partial charge < -0.3 is 9.90 Å². The first kappa shape index (κ1) is 13.8. The van der Waals surface area contributed by atoms with Gasteiger partial charge in [0.05, 0.1) is 16.3 Å². The number of sulfonamides is 1. The molecule has 1 aliphatic heterocycles. The summed E-state index contributed by atoms with van der Waals surface area (Å²) in [6, 6.07) is 1.80. The maximum Gasteiger partial charge on any atom is 0.253 e. The average molecular weight is 309 g/mol. The Morgan fingerprint density at radius 2 is 2.17 bits per heavy atom. The first-order valence-electron chi connectivity index (χ1n) is 5.41. The third kappa shape index (κ3) is 2.54. The molecular weight excluding hydrogens is 298 g/mol. The van der Waals surface area contributed by atoms with Crippen LogP contribution < -0.4 is 5.11 Å². The number of halogens is 1. The maximum atomic E-state index is 12.3.